The van der Waals surface area contributed by atoms with Gasteiger partial charge in [-0.2, -0.15) is 0 Å². The molecule has 0 saturated heterocycles. The van der Waals surface area contributed by atoms with Gasteiger partial charge >= 0.3 is 0 Å². The first-order valence-corrected chi connectivity index (χ1v) is 7.46. The van der Waals surface area contributed by atoms with E-state index in [9.17, 15) is 4.79 Å². The van der Waals surface area contributed by atoms with E-state index in [1.807, 2.05) is 18.2 Å². The van der Waals surface area contributed by atoms with Crippen LogP contribution in [-0.2, 0) is 5.75 Å². The zero-order chi connectivity index (χ0) is 14.5. The molecule has 0 bridgehead atoms. The summed E-state index contributed by atoms with van der Waals surface area (Å²) in [5.41, 5.74) is 3.02. The predicted molar refractivity (Wildman–Crippen MR) is 83.7 cm³/mol. The Morgan fingerprint density at radius 1 is 1.20 bits per heavy atom. The Morgan fingerprint density at radius 3 is 2.65 bits per heavy atom. The lowest BCUT2D eigenvalue weighted by atomic mass is 10.1. The van der Waals surface area contributed by atoms with E-state index in [0.717, 1.165) is 22.6 Å². The van der Waals surface area contributed by atoms with Crippen LogP contribution in [0.15, 0.2) is 47.4 Å². The van der Waals surface area contributed by atoms with Gasteiger partial charge in [0.15, 0.2) is 5.78 Å². The molecule has 0 spiro atoms. The predicted octanol–water partition coefficient (Wildman–Crippen LogP) is 4.50. The second-order valence-corrected chi connectivity index (χ2v) is 5.74. The zero-order valence-corrected chi connectivity index (χ0v) is 12.8. The van der Waals surface area contributed by atoms with Crippen molar-refractivity contribution < 1.29 is 9.53 Å². The topological polar surface area (TPSA) is 26.3 Å². The van der Waals surface area contributed by atoms with Gasteiger partial charge < -0.3 is 4.74 Å². The van der Waals surface area contributed by atoms with Gasteiger partial charge in [0.05, 0.1) is 7.11 Å². The van der Waals surface area contributed by atoms with E-state index in [1.54, 1.807) is 25.8 Å². The summed E-state index contributed by atoms with van der Waals surface area (Å²) in [5, 5.41) is 0. The van der Waals surface area contributed by atoms with Gasteiger partial charge in [-0.05, 0) is 44.2 Å². The summed E-state index contributed by atoms with van der Waals surface area (Å²) >= 11 is 1.75. The van der Waals surface area contributed by atoms with Crippen molar-refractivity contribution in [2.24, 2.45) is 0 Å². The fraction of sp³-hybridized carbons (Fsp3) is 0.235. The highest BCUT2D eigenvalue weighted by Gasteiger charge is 2.08. The number of hydrogen-bond donors (Lipinski definition) is 0. The number of benzene rings is 2. The second kappa shape index (κ2) is 6.62. The zero-order valence-electron chi connectivity index (χ0n) is 12.0. The third-order valence-corrected chi connectivity index (χ3v) is 4.11. The number of ether oxygens (including phenoxy) is 1. The minimum Gasteiger partial charge on any atom is -0.496 e. The van der Waals surface area contributed by atoms with Crippen LogP contribution < -0.4 is 4.74 Å². The minimum absolute atomic E-state index is 0.0782. The third kappa shape index (κ3) is 3.64. The van der Waals surface area contributed by atoms with Gasteiger partial charge in [-0.3, -0.25) is 4.79 Å². The first kappa shape index (κ1) is 14.7. The number of Topliss-reactive ketones (excluding diaryl/α,β-unsaturated/α-hetero) is 1. The molecule has 0 N–H and O–H groups in total. The normalized spacial score (nSPS) is 10.3. The molecule has 0 atom stereocenters. The first-order chi connectivity index (χ1) is 9.60. The van der Waals surface area contributed by atoms with Crippen molar-refractivity contribution in [1.82, 2.24) is 0 Å². The van der Waals surface area contributed by atoms with Crippen molar-refractivity contribution in [1.29, 1.82) is 0 Å². The largest absolute Gasteiger partial charge is 0.496 e. The summed E-state index contributed by atoms with van der Waals surface area (Å²) in [6, 6.07) is 14.0. The Bertz CT molecular complexity index is 620. The molecule has 0 radical (unpaired) electrons. The Balaban J connectivity index is 2.19. The number of carbonyl (C=O) groups excluding carboxylic acids is 1. The Labute approximate surface area is 124 Å². The summed E-state index contributed by atoms with van der Waals surface area (Å²) in [6.45, 7) is 3.67. The molecular formula is C17H18O2S. The van der Waals surface area contributed by atoms with Crippen LogP contribution >= 0.6 is 11.8 Å². The Kier molecular flexibility index (Phi) is 4.85. The van der Waals surface area contributed by atoms with Crippen LogP contribution in [0.4, 0.5) is 0 Å². The maximum Gasteiger partial charge on any atom is 0.159 e. The van der Waals surface area contributed by atoms with E-state index < -0.39 is 0 Å². The van der Waals surface area contributed by atoms with E-state index in [1.165, 1.54) is 10.5 Å². The molecular weight excluding hydrogens is 268 g/mol. The molecule has 104 valence electrons. The van der Waals surface area contributed by atoms with Crippen molar-refractivity contribution >= 4 is 17.5 Å². The van der Waals surface area contributed by atoms with Gasteiger partial charge in [-0.25, -0.2) is 0 Å². The fourth-order valence-corrected chi connectivity index (χ4v) is 2.97. The van der Waals surface area contributed by atoms with Gasteiger partial charge in [0, 0.05) is 21.8 Å². The van der Waals surface area contributed by atoms with E-state index >= 15 is 0 Å². The van der Waals surface area contributed by atoms with Crippen LogP contribution in [0.1, 0.15) is 28.4 Å². The average molecular weight is 286 g/mol. The molecule has 20 heavy (non-hydrogen) atoms. The Morgan fingerprint density at radius 2 is 2.00 bits per heavy atom. The molecule has 0 aliphatic carbocycles. The van der Waals surface area contributed by atoms with Crippen LogP contribution in [0.3, 0.4) is 0 Å². The molecule has 2 aromatic carbocycles. The number of hydrogen-bond acceptors (Lipinski definition) is 3. The molecule has 0 aromatic heterocycles. The minimum atomic E-state index is 0.0782. The molecule has 2 aromatic rings. The highest BCUT2D eigenvalue weighted by Crippen LogP contribution is 2.29. The van der Waals surface area contributed by atoms with Crippen molar-refractivity contribution in [3.05, 3.63) is 59.2 Å². The molecule has 0 saturated carbocycles. The number of aryl methyl sites for hydroxylation is 1. The van der Waals surface area contributed by atoms with Crippen molar-refractivity contribution in [2.75, 3.05) is 7.11 Å². The molecule has 2 nitrogen and oxygen atoms in total. The van der Waals surface area contributed by atoms with Gasteiger partial charge in [-0.15, -0.1) is 11.8 Å². The van der Waals surface area contributed by atoms with Gasteiger partial charge in [0.25, 0.3) is 0 Å². The van der Waals surface area contributed by atoms with Crippen LogP contribution in [0, 0.1) is 6.92 Å². The Hall–Kier alpha value is -1.74. The summed E-state index contributed by atoms with van der Waals surface area (Å²) in [4.78, 5) is 12.7. The number of carbonyl (C=O) groups is 1. The van der Waals surface area contributed by atoms with Crippen LogP contribution in [-0.4, -0.2) is 12.9 Å². The molecule has 0 amide bonds. The molecule has 0 fully saturated rings. The average Bonchev–Trinajstić information content (AvgIpc) is 2.44. The van der Waals surface area contributed by atoms with Gasteiger partial charge in [-0.1, -0.05) is 17.7 Å². The number of ketones is 1. The number of thioether (sulfide) groups is 1. The van der Waals surface area contributed by atoms with E-state index in [-0.39, 0.29) is 5.78 Å². The lowest BCUT2D eigenvalue weighted by Crippen LogP contribution is -1.96. The highest BCUT2D eigenvalue weighted by molar-refractivity contribution is 7.98. The first-order valence-electron chi connectivity index (χ1n) is 6.47. The molecule has 0 aliphatic heterocycles. The second-order valence-electron chi connectivity index (χ2n) is 4.69. The summed E-state index contributed by atoms with van der Waals surface area (Å²) in [7, 11) is 1.66. The molecule has 0 heterocycles. The standard InChI is InChI=1S/C17H18O2S/c1-12-5-4-6-16(9-12)20-11-15-10-14(13(2)18)7-8-17(15)19-3/h4-10H,11H2,1-3H3. The van der Waals surface area contributed by atoms with E-state index in [4.69, 9.17) is 4.74 Å². The molecule has 2 rings (SSSR count). The third-order valence-electron chi connectivity index (χ3n) is 3.07. The summed E-state index contributed by atoms with van der Waals surface area (Å²) < 4.78 is 5.37. The maximum absolute atomic E-state index is 11.5. The quantitative estimate of drug-likeness (QED) is 0.598. The lowest BCUT2D eigenvalue weighted by Gasteiger charge is -2.10. The molecule has 0 aliphatic rings. The van der Waals surface area contributed by atoms with Crippen molar-refractivity contribution in [3.8, 4) is 5.75 Å². The summed E-state index contributed by atoms with van der Waals surface area (Å²) in [5.74, 6) is 1.69. The molecule has 0 unspecified atom stereocenters. The van der Waals surface area contributed by atoms with Gasteiger partial charge in [0.2, 0.25) is 0 Å². The SMILES string of the molecule is COc1ccc(C(C)=O)cc1CSc1cccc(C)c1. The van der Waals surface area contributed by atoms with Crippen LogP contribution in [0.25, 0.3) is 0 Å². The summed E-state index contributed by atoms with van der Waals surface area (Å²) in [6.07, 6.45) is 0. The number of rotatable bonds is 5. The molecule has 3 heteroatoms. The van der Waals surface area contributed by atoms with Crippen molar-refractivity contribution in [3.63, 3.8) is 0 Å². The maximum atomic E-state index is 11.5. The van der Waals surface area contributed by atoms with Crippen LogP contribution in [0.5, 0.6) is 5.75 Å². The number of methoxy groups -OCH3 is 1. The van der Waals surface area contributed by atoms with Gasteiger partial charge in [0.1, 0.15) is 5.75 Å². The van der Waals surface area contributed by atoms with Crippen LogP contribution in [0.2, 0.25) is 0 Å². The fourth-order valence-electron chi connectivity index (χ4n) is 1.98. The van der Waals surface area contributed by atoms with E-state index in [0.29, 0.717) is 0 Å². The van der Waals surface area contributed by atoms with E-state index in [2.05, 4.69) is 31.2 Å². The smallest absolute Gasteiger partial charge is 0.159 e. The van der Waals surface area contributed by atoms with Crippen molar-refractivity contribution in [2.45, 2.75) is 24.5 Å². The monoisotopic (exact) mass is 286 g/mol. The lowest BCUT2D eigenvalue weighted by molar-refractivity contribution is 0.101. The highest BCUT2D eigenvalue weighted by atomic mass is 32.2.